The lowest BCUT2D eigenvalue weighted by Gasteiger charge is -2.23. The van der Waals surface area contributed by atoms with Gasteiger partial charge in [-0.2, -0.15) is 0 Å². The van der Waals surface area contributed by atoms with Crippen molar-refractivity contribution in [3.63, 3.8) is 0 Å². The van der Waals surface area contributed by atoms with Gasteiger partial charge in [-0.05, 0) is 117 Å². The van der Waals surface area contributed by atoms with Gasteiger partial charge in [-0.15, -0.1) is 0 Å². The van der Waals surface area contributed by atoms with Gasteiger partial charge in [0.25, 0.3) is 0 Å². The molecule has 0 saturated heterocycles. The lowest BCUT2D eigenvalue weighted by molar-refractivity contribution is 0.590. The second-order valence-electron chi connectivity index (χ2n) is 21.7. The van der Waals surface area contributed by atoms with E-state index in [2.05, 4.69) is 196 Å². The molecular formula is C76H56N4O2P2. The Bertz CT molecular complexity index is 5080. The molecule has 4 heterocycles. The molecular weight excluding hydrogens is 1060 g/mol. The van der Waals surface area contributed by atoms with Gasteiger partial charge in [0.15, 0.2) is 14.3 Å². The van der Waals surface area contributed by atoms with Crippen molar-refractivity contribution >= 4 is 123 Å². The molecule has 11 aromatic carbocycles. The third-order valence-electron chi connectivity index (χ3n) is 16.9. The first-order valence-corrected chi connectivity index (χ1v) is 31.8. The topological polar surface area (TPSA) is 53.9 Å². The summed E-state index contributed by atoms with van der Waals surface area (Å²) in [7, 11) is -6.73. The van der Waals surface area contributed by atoms with Gasteiger partial charge in [-0.1, -0.05) is 201 Å². The van der Waals surface area contributed by atoms with E-state index in [1.54, 1.807) is 0 Å². The van der Waals surface area contributed by atoms with Crippen LogP contribution in [0.25, 0.3) is 99.2 Å². The Labute approximate surface area is 487 Å². The first-order valence-electron chi connectivity index (χ1n) is 28.4. The number of rotatable bonds is 12. The monoisotopic (exact) mass is 1120 g/mol. The molecule has 0 radical (unpaired) electrons. The van der Waals surface area contributed by atoms with Gasteiger partial charge in [0, 0.05) is 86.9 Å². The SMILES string of the molecule is C=C(C)/C(=C\C=C(/C)n1c2cc(-n3c4ccccc4c4ccccc43)ccc2c2c1c1ccc(-n3c4ccccc4c4ccccc43)cc1n2-c1ccc(P(=O)(c2ccccc2)c2ccccc2)cc1)P(=O)(c1ccccc1)c1ccccc1. The average molecular weight is 1120 g/mol. The number of benzene rings is 11. The van der Waals surface area contributed by atoms with Crippen LogP contribution in [0.5, 0.6) is 0 Å². The van der Waals surface area contributed by atoms with Gasteiger partial charge in [-0.25, -0.2) is 0 Å². The normalized spacial score (nSPS) is 12.7. The van der Waals surface area contributed by atoms with E-state index in [0.29, 0.717) is 5.31 Å². The minimum Gasteiger partial charge on any atom is -0.311 e. The second kappa shape index (κ2) is 20.2. The van der Waals surface area contributed by atoms with E-state index in [4.69, 9.17) is 0 Å². The lowest BCUT2D eigenvalue weighted by atomic mass is 10.2. The molecule has 4 aromatic heterocycles. The van der Waals surface area contributed by atoms with Crippen molar-refractivity contribution in [2.45, 2.75) is 13.8 Å². The maximum absolute atomic E-state index is 16.2. The number of allylic oxidation sites excluding steroid dienone is 5. The maximum Gasteiger partial charge on any atom is 0.171 e. The van der Waals surface area contributed by atoms with Crippen LogP contribution >= 0.6 is 14.3 Å². The van der Waals surface area contributed by atoms with E-state index in [-0.39, 0.29) is 0 Å². The van der Waals surface area contributed by atoms with Crippen molar-refractivity contribution in [1.82, 2.24) is 18.3 Å². The molecule has 0 aliphatic carbocycles. The smallest absolute Gasteiger partial charge is 0.171 e. The lowest BCUT2D eigenvalue weighted by Crippen LogP contribution is -2.24. The summed E-state index contributed by atoms with van der Waals surface area (Å²) in [6, 6.07) is 96.1. The first kappa shape index (κ1) is 51.0. The molecule has 15 rings (SSSR count). The van der Waals surface area contributed by atoms with E-state index in [9.17, 15) is 0 Å². The van der Waals surface area contributed by atoms with Gasteiger partial charge in [0.1, 0.15) is 0 Å². The quantitative estimate of drug-likeness (QED) is 0.0904. The highest BCUT2D eigenvalue weighted by molar-refractivity contribution is 7.85. The summed E-state index contributed by atoms with van der Waals surface area (Å²) in [6.45, 7) is 8.62. The highest BCUT2D eigenvalue weighted by Gasteiger charge is 2.33. The number of aromatic nitrogens is 4. The van der Waals surface area contributed by atoms with Crippen molar-refractivity contribution in [3.8, 4) is 17.1 Å². The highest BCUT2D eigenvalue weighted by Crippen LogP contribution is 2.55. The number of nitrogens with zero attached hydrogens (tertiary/aromatic N) is 4. The van der Waals surface area contributed by atoms with Crippen molar-refractivity contribution in [1.29, 1.82) is 0 Å². The second-order valence-corrected chi connectivity index (χ2v) is 27.2. The molecule has 0 fully saturated rings. The molecule has 0 saturated carbocycles. The van der Waals surface area contributed by atoms with E-state index < -0.39 is 14.3 Å². The van der Waals surface area contributed by atoms with Gasteiger partial charge in [0.2, 0.25) is 0 Å². The molecule has 402 valence electrons. The molecule has 8 heteroatoms. The predicted octanol–water partition coefficient (Wildman–Crippen LogP) is 17.9. The fourth-order valence-corrected chi connectivity index (χ4v) is 18.6. The third-order valence-corrected chi connectivity index (χ3v) is 23.2. The molecule has 0 aliphatic heterocycles. The molecule has 0 atom stereocenters. The molecule has 0 spiro atoms. The van der Waals surface area contributed by atoms with Crippen LogP contribution in [0.15, 0.2) is 309 Å². The van der Waals surface area contributed by atoms with Crippen LogP contribution in [0.1, 0.15) is 13.8 Å². The Morgan fingerprint density at radius 1 is 0.333 bits per heavy atom. The van der Waals surface area contributed by atoms with Crippen LogP contribution in [0, 0.1) is 0 Å². The van der Waals surface area contributed by atoms with Crippen LogP contribution < -0.4 is 26.5 Å². The summed E-state index contributed by atoms with van der Waals surface area (Å²) in [5, 5.41) is 11.3. The Morgan fingerprint density at radius 2 is 0.690 bits per heavy atom. The summed E-state index contributed by atoms with van der Waals surface area (Å²) in [6.07, 6.45) is 4.17. The zero-order valence-electron chi connectivity index (χ0n) is 46.4. The van der Waals surface area contributed by atoms with Crippen LogP contribution in [0.2, 0.25) is 0 Å². The molecule has 15 aromatic rings. The molecule has 0 aliphatic rings. The maximum atomic E-state index is 16.2. The van der Waals surface area contributed by atoms with Gasteiger partial charge < -0.3 is 27.4 Å². The highest BCUT2D eigenvalue weighted by atomic mass is 31.2. The van der Waals surface area contributed by atoms with E-state index in [1.807, 2.05) is 134 Å². The Hall–Kier alpha value is -9.96. The Balaban J connectivity index is 1.04. The minimum atomic E-state index is -3.43. The fraction of sp³-hybridized carbons (Fsp3) is 0.0263. The Morgan fingerprint density at radius 3 is 1.12 bits per heavy atom. The van der Waals surface area contributed by atoms with Crippen LogP contribution in [0.4, 0.5) is 0 Å². The largest absolute Gasteiger partial charge is 0.311 e. The van der Waals surface area contributed by atoms with E-state index in [1.165, 1.54) is 21.5 Å². The van der Waals surface area contributed by atoms with Crippen molar-refractivity contribution in [2.24, 2.45) is 0 Å². The zero-order valence-corrected chi connectivity index (χ0v) is 48.2. The molecule has 0 bridgehead atoms. The third kappa shape index (κ3) is 7.86. The van der Waals surface area contributed by atoms with Crippen LogP contribution in [-0.4, -0.2) is 18.3 Å². The minimum absolute atomic E-state index is 0.680. The number of hydrogen-bond donors (Lipinski definition) is 0. The van der Waals surface area contributed by atoms with E-state index >= 15 is 9.13 Å². The molecule has 6 nitrogen and oxygen atoms in total. The van der Waals surface area contributed by atoms with Gasteiger partial charge in [-0.3, -0.25) is 0 Å². The fourth-order valence-electron chi connectivity index (χ4n) is 13.1. The summed E-state index contributed by atoms with van der Waals surface area (Å²) in [5.41, 5.74) is 13.2. The van der Waals surface area contributed by atoms with Gasteiger partial charge >= 0.3 is 0 Å². The van der Waals surface area contributed by atoms with Crippen LogP contribution in [-0.2, 0) is 9.13 Å². The molecule has 0 N–H and O–H groups in total. The summed E-state index contributed by atoms with van der Waals surface area (Å²) in [4.78, 5) is 0. The van der Waals surface area contributed by atoms with Crippen molar-refractivity contribution < 1.29 is 9.13 Å². The van der Waals surface area contributed by atoms with Gasteiger partial charge in [0.05, 0.1) is 44.1 Å². The van der Waals surface area contributed by atoms with Crippen molar-refractivity contribution in [2.75, 3.05) is 0 Å². The Kier molecular flexibility index (Phi) is 12.2. The summed E-state index contributed by atoms with van der Waals surface area (Å²) in [5.74, 6) is 0. The summed E-state index contributed by atoms with van der Waals surface area (Å²) < 4.78 is 41.6. The predicted molar refractivity (Wildman–Crippen MR) is 357 cm³/mol. The van der Waals surface area contributed by atoms with E-state index in [0.717, 1.165) is 110 Å². The van der Waals surface area contributed by atoms with Crippen LogP contribution in [0.3, 0.4) is 0 Å². The summed E-state index contributed by atoms with van der Waals surface area (Å²) >= 11 is 0. The average Bonchev–Trinajstić information content (AvgIpc) is 1.71. The molecule has 0 amide bonds. The first-order chi connectivity index (χ1) is 41.2. The zero-order chi connectivity index (χ0) is 56.7. The van der Waals surface area contributed by atoms with Crippen molar-refractivity contribution in [3.05, 3.63) is 309 Å². The molecule has 84 heavy (non-hydrogen) atoms. The molecule has 0 unspecified atom stereocenters. The number of para-hydroxylation sites is 4. The number of hydrogen-bond acceptors (Lipinski definition) is 2. The number of fused-ring (bicyclic) bond motifs is 11. The standard InChI is InChI=1S/C76H56N4O2P2/c1-52(2)74(84(82,59-28-12-6-13-29-59)60-30-14-7-15-31-60)49-40-53(3)77-72-50-55(78-68-36-20-16-32-62(68)63-33-17-21-37-69(63)78)43-47-66(72)76-75(77)67-48-44-56(79-70-38-22-18-34-64(70)65-35-19-23-39-71(65)79)51-73(67)80(76)54-41-45-61(46-42-54)83(81,57-24-8-4-9-25-57)58-26-10-5-11-27-58/h4-51H,1H2,2-3H3/b53-40+,74-49+.